The zero-order valence-corrected chi connectivity index (χ0v) is 22.4. The van der Waals surface area contributed by atoms with E-state index in [1.807, 2.05) is 35.2 Å². The number of ether oxygens (including phenoxy) is 1. The summed E-state index contributed by atoms with van der Waals surface area (Å²) < 4.78 is 5.13. The lowest BCUT2D eigenvalue weighted by molar-refractivity contribution is -0.111. The zero-order chi connectivity index (χ0) is 27.5. The van der Waals surface area contributed by atoms with Crippen LogP contribution in [0.4, 0.5) is 33.6 Å². The first-order valence-corrected chi connectivity index (χ1v) is 13.6. The number of methoxy groups -OCH3 is 1. The number of amides is 3. The van der Waals surface area contributed by atoms with E-state index in [0.29, 0.717) is 41.3 Å². The SMILES string of the molecule is COc1ccc(Nc2ncc3c(n2)N(c2cccc(NC(=O)/C=C/CN4CCCC4)c2)C(=O)N(C2CC2)C3)cn1. The summed E-state index contributed by atoms with van der Waals surface area (Å²) in [5.41, 5.74) is 2.76. The van der Waals surface area contributed by atoms with Crippen molar-refractivity contribution in [2.45, 2.75) is 38.3 Å². The molecule has 2 fully saturated rings. The van der Waals surface area contributed by atoms with Crippen LogP contribution in [0.3, 0.4) is 0 Å². The molecule has 2 aromatic heterocycles. The number of hydrogen-bond donors (Lipinski definition) is 2. The van der Waals surface area contributed by atoms with Gasteiger partial charge in [-0.2, -0.15) is 4.98 Å². The standard InChI is InChI=1S/C29H32N8O3/c1-40-26-12-9-22(18-30-26)33-28-31-17-20-19-36(23-10-11-23)29(39)37(27(20)34-28)24-7-4-6-21(16-24)32-25(38)8-5-15-35-13-2-3-14-35/h4-9,12,16-18,23H,2-3,10-11,13-15,19H2,1H3,(H,32,38)(H,31,33,34)/b8-5+. The molecule has 6 rings (SSSR count). The Balaban J connectivity index is 1.24. The van der Waals surface area contributed by atoms with E-state index < -0.39 is 0 Å². The number of nitrogens with zero attached hydrogens (tertiary/aromatic N) is 6. The normalized spacial score (nSPS) is 17.3. The van der Waals surface area contributed by atoms with Crippen molar-refractivity contribution in [2.75, 3.05) is 42.3 Å². The maximum absolute atomic E-state index is 13.8. The molecular formula is C29H32N8O3. The highest BCUT2D eigenvalue weighted by Gasteiger charge is 2.41. The van der Waals surface area contributed by atoms with E-state index in [1.165, 1.54) is 12.8 Å². The van der Waals surface area contributed by atoms with E-state index in [-0.39, 0.29) is 18.0 Å². The van der Waals surface area contributed by atoms with Gasteiger partial charge in [-0.05, 0) is 63.0 Å². The van der Waals surface area contributed by atoms with Crippen LogP contribution in [0.15, 0.2) is 60.9 Å². The molecule has 1 saturated heterocycles. The lowest BCUT2D eigenvalue weighted by Crippen LogP contribution is -2.46. The topological polar surface area (TPSA) is 116 Å². The number of hydrogen-bond acceptors (Lipinski definition) is 8. The predicted molar refractivity (Wildman–Crippen MR) is 152 cm³/mol. The van der Waals surface area contributed by atoms with Gasteiger partial charge in [-0.15, -0.1) is 0 Å². The van der Waals surface area contributed by atoms with Crippen LogP contribution in [-0.2, 0) is 11.3 Å². The third-order valence-corrected chi connectivity index (χ3v) is 7.22. The maximum atomic E-state index is 13.8. The molecule has 1 aliphatic carbocycles. The number of nitrogens with one attached hydrogen (secondary N) is 2. The molecule has 2 aliphatic heterocycles. The third-order valence-electron chi connectivity index (χ3n) is 7.22. The Morgan fingerprint density at radius 3 is 2.70 bits per heavy atom. The van der Waals surface area contributed by atoms with Crippen molar-refractivity contribution in [3.05, 3.63) is 66.5 Å². The van der Waals surface area contributed by atoms with Crippen molar-refractivity contribution in [1.29, 1.82) is 0 Å². The molecule has 4 heterocycles. The van der Waals surface area contributed by atoms with Gasteiger partial charge < -0.3 is 20.3 Å². The second-order valence-corrected chi connectivity index (χ2v) is 10.2. The van der Waals surface area contributed by atoms with Crippen LogP contribution in [0.25, 0.3) is 0 Å². The van der Waals surface area contributed by atoms with E-state index in [1.54, 1.807) is 42.6 Å². The maximum Gasteiger partial charge on any atom is 0.330 e. The molecule has 1 aromatic carbocycles. The van der Waals surface area contributed by atoms with Gasteiger partial charge in [-0.1, -0.05) is 12.1 Å². The third kappa shape index (κ3) is 5.74. The Morgan fingerprint density at radius 2 is 1.95 bits per heavy atom. The number of likely N-dealkylation sites (tertiary alicyclic amines) is 1. The molecule has 2 N–H and O–H groups in total. The van der Waals surface area contributed by atoms with Gasteiger partial charge in [-0.3, -0.25) is 9.69 Å². The Hall–Kier alpha value is -4.51. The van der Waals surface area contributed by atoms with Crippen LogP contribution in [-0.4, -0.2) is 69.5 Å². The summed E-state index contributed by atoms with van der Waals surface area (Å²) in [4.78, 5) is 45.6. The number of aromatic nitrogens is 3. The van der Waals surface area contributed by atoms with E-state index in [4.69, 9.17) is 9.72 Å². The fourth-order valence-corrected chi connectivity index (χ4v) is 5.02. The summed E-state index contributed by atoms with van der Waals surface area (Å²) >= 11 is 0. The molecule has 0 radical (unpaired) electrons. The number of rotatable bonds is 9. The van der Waals surface area contributed by atoms with Gasteiger partial charge in [0.25, 0.3) is 0 Å². The first kappa shape index (κ1) is 25.8. The van der Waals surface area contributed by atoms with Gasteiger partial charge in [0, 0.05) is 42.2 Å². The highest BCUT2D eigenvalue weighted by Crippen LogP contribution is 2.39. The Kier molecular flexibility index (Phi) is 7.28. The monoisotopic (exact) mass is 540 g/mol. The number of anilines is 5. The second kappa shape index (κ2) is 11.3. The Bertz CT molecular complexity index is 1420. The first-order valence-electron chi connectivity index (χ1n) is 13.6. The number of urea groups is 1. The molecule has 0 spiro atoms. The lowest BCUT2D eigenvalue weighted by atomic mass is 10.1. The van der Waals surface area contributed by atoms with Gasteiger partial charge in [0.05, 0.1) is 31.2 Å². The molecule has 206 valence electrons. The Labute approximate surface area is 232 Å². The fraction of sp³-hybridized carbons (Fsp3) is 0.345. The van der Waals surface area contributed by atoms with E-state index in [0.717, 1.165) is 38.0 Å². The average Bonchev–Trinajstić information content (AvgIpc) is 3.68. The van der Waals surface area contributed by atoms with Crippen LogP contribution in [0, 0.1) is 0 Å². The van der Waals surface area contributed by atoms with Crippen molar-refractivity contribution in [3.8, 4) is 5.88 Å². The van der Waals surface area contributed by atoms with Crippen LogP contribution in [0.1, 0.15) is 31.2 Å². The molecule has 0 atom stereocenters. The summed E-state index contributed by atoms with van der Waals surface area (Å²) in [7, 11) is 1.56. The number of carbonyl (C=O) groups excluding carboxylic acids is 2. The second-order valence-electron chi connectivity index (χ2n) is 10.2. The molecule has 1 saturated carbocycles. The molecule has 40 heavy (non-hydrogen) atoms. The van der Waals surface area contributed by atoms with Crippen LogP contribution in [0.2, 0.25) is 0 Å². The van der Waals surface area contributed by atoms with Crippen LogP contribution < -0.4 is 20.3 Å². The van der Waals surface area contributed by atoms with Crippen LogP contribution >= 0.6 is 0 Å². The van der Waals surface area contributed by atoms with E-state index in [2.05, 4.69) is 25.5 Å². The molecule has 0 unspecified atom stereocenters. The largest absolute Gasteiger partial charge is 0.481 e. The average molecular weight is 541 g/mol. The molecule has 11 nitrogen and oxygen atoms in total. The molecule has 11 heteroatoms. The molecule has 3 aromatic rings. The quantitative estimate of drug-likeness (QED) is 0.383. The summed E-state index contributed by atoms with van der Waals surface area (Å²) in [6, 6.07) is 10.9. The fourth-order valence-electron chi connectivity index (χ4n) is 5.02. The summed E-state index contributed by atoms with van der Waals surface area (Å²) in [5, 5.41) is 6.08. The van der Waals surface area contributed by atoms with Crippen molar-refractivity contribution in [1.82, 2.24) is 24.8 Å². The van der Waals surface area contributed by atoms with Gasteiger partial charge in [0.2, 0.25) is 17.7 Å². The summed E-state index contributed by atoms with van der Waals surface area (Å²) in [5.74, 6) is 1.15. The number of carbonyl (C=O) groups is 2. The molecular weight excluding hydrogens is 508 g/mol. The molecule has 0 bridgehead atoms. The van der Waals surface area contributed by atoms with Crippen molar-refractivity contribution in [3.63, 3.8) is 0 Å². The lowest BCUT2D eigenvalue weighted by Gasteiger charge is -2.36. The summed E-state index contributed by atoms with van der Waals surface area (Å²) in [6.07, 6.45) is 11.2. The molecule has 3 amide bonds. The minimum Gasteiger partial charge on any atom is -0.481 e. The minimum atomic E-state index is -0.205. The van der Waals surface area contributed by atoms with Gasteiger partial charge in [0.1, 0.15) is 0 Å². The highest BCUT2D eigenvalue weighted by atomic mass is 16.5. The van der Waals surface area contributed by atoms with Crippen molar-refractivity contribution in [2.24, 2.45) is 0 Å². The first-order chi connectivity index (χ1) is 19.6. The van der Waals surface area contributed by atoms with Crippen LogP contribution in [0.5, 0.6) is 5.88 Å². The highest BCUT2D eigenvalue weighted by molar-refractivity contribution is 6.03. The van der Waals surface area contributed by atoms with E-state index >= 15 is 0 Å². The molecule has 3 aliphatic rings. The number of pyridine rings is 1. The minimum absolute atomic E-state index is 0.139. The van der Waals surface area contributed by atoms with Gasteiger partial charge in [-0.25, -0.2) is 19.7 Å². The summed E-state index contributed by atoms with van der Waals surface area (Å²) in [6.45, 7) is 3.38. The van der Waals surface area contributed by atoms with Crippen molar-refractivity contribution < 1.29 is 14.3 Å². The van der Waals surface area contributed by atoms with Crippen molar-refractivity contribution >= 4 is 40.8 Å². The van der Waals surface area contributed by atoms with Gasteiger partial charge >= 0.3 is 6.03 Å². The number of fused-ring (bicyclic) bond motifs is 1. The smallest absolute Gasteiger partial charge is 0.330 e. The predicted octanol–water partition coefficient (Wildman–Crippen LogP) is 4.45. The van der Waals surface area contributed by atoms with Gasteiger partial charge in [0.15, 0.2) is 5.82 Å². The van der Waals surface area contributed by atoms with E-state index in [9.17, 15) is 9.59 Å². The Morgan fingerprint density at radius 1 is 1.10 bits per heavy atom. The zero-order valence-electron chi connectivity index (χ0n) is 22.4. The number of benzene rings is 1.